The summed E-state index contributed by atoms with van der Waals surface area (Å²) >= 11 is 0. The molecular weight excluding hydrogens is 230 g/mol. The molecule has 1 aliphatic rings. The van der Waals surface area contributed by atoms with Crippen molar-refractivity contribution in [2.24, 2.45) is 5.92 Å². The van der Waals surface area contributed by atoms with Crippen molar-refractivity contribution < 1.29 is 14.4 Å². The maximum atomic E-state index is 12.3. The second-order valence-corrected chi connectivity index (χ2v) is 4.42. The van der Waals surface area contributed by atoms with Gasteiger partial charge in [-0.15, -0.1) is 0 Å². The van der Waals surface area contributed by atoms with Gasteiger partial charge in [0.1, 0.15) is 5.92 Å². The van der Waals surface area contributed by atoms with Gasteiger partial charge in [0, 0.05) is 19.0 Å². The van der Waals surface area contributed by atoms with Gasteiger partial charge in [-0.2, -0.15) is 0 Å². The fourth-order valence-corrected chi connectivity index (χ4v) is 2.22. The van der Waals surface area contributed by atoms with E-state index in [1.54, 1.807) is 12.1 Å². The second-order valence-electron chi connectivity index (χ2n) is 4.42. The van der Waals surface area contributed by atoms with Crippen LogP contribution in [0.4, 0.5) is 0 Å². The van der Waals surface area contributed by atoms with Crippen LogP contribution in [0.1, 0.15) is 29.3 Å². The van der Waals surface area contributed by atoms with E-state index in [9.17, 15) is 14.4 Å². The molecule has 1 atom stereocenters. The lowest BCUT2D eigenvalue weighted by atomic mass is 9.92. The summed E-state index contributed by atoms with van der Waals surface area (Å²) in [7, 11) is 1.42. The molecule has 4 heteroatoms. The number of Topliss-reactive ketones (excluding diaryl/α,β-unsaturated/α-hetero) is 1. The number of carbonyl (C=O) groups excluding carboxylic acids is 3. The molecule has 2 amide bonds. The molecule has 1 aromatic rings. The number of benzene rings is 1. The number of imide groups is 1. The van der Waals surface area contributed by atoms with E-state index in [1.807, 2.05) is 19.1 Å². The number of hydrogen-bond acceptors (Lipinski definition) is 3. The molecule has 2 rings (SSSR count). The third-order valence-electron chi connectivity index (χ3n) is 3.36. The van der Waals surface area contributed by atoms with Crippen molar-refractivity contribution in [3.8, 4) is 0 Å². The van der Waals surface area contributed by atoms with Crippen molar-refractivity contribution in [2.75, 3.05) is 7.05 Å². The maximum Gasteiger partial charge on any atom is 0.240 e. The van der Waals surface area contributed by atoms with Crippen LogP contribution in [0.5, 0.6) is 0 Å². The first kappa shape index (κ1) is 12.5. The largest absolute Gasteiger partial charge is 0.293 e. The molecule has 1 fully saturated rings. The summed E-state index contributed by atoms with van der Waals surface area (Å²) in [5.41, 5.74) is 1.47. The Bertz CT molecular complexity index is 522. The molecule has 1 heterocycles. The predicted molar refractivity (Wildman–Crippen MR) is 66.0 cm³/mol. The van der Waals surface area contributed by atoms with E-state index in [-0.39, 0.29) is 18.1 Å². The molecule has 0 spiro atoms. The highest BCUT2D eigenvalue weighted by Gasteiger charge is 2.41. The molecule has 4 nitrogen and oxygen atoms in total. The summed E-state index contributed by atoms with van der Waals surface area (Å²) in [4.78, 5) is 36.6. The van der Waals surface area contributed by atoms with Crippen molar-refractivity contribution in [1.29, 1.82) is 0 Å². The Hall–Kier alpha value is -1.97. The number of aryl methyl sites for hydroxylation is 1. The van der Waals surface area contributed by atoms with Gasteiger partial charge in [0.15, 0.2) is 5.78 Å². The van der Waals surface area contributed by atoms with Crippen LogP contribution in [0.2, 0.25) is 0 Å². The Morgan fingerprint density at radius 3 is 2.56 bits per heavy atom. The minimum absolute atomic E-state index is 0.00772. The van der Waals surface area contributed by atoms with Crippen LogP contribution < -0.4 is 0 Å². The van der Waals surface area contributed by atoms with Gasteiger partial charge in [-0.25, -0.2) is 0 Å². The van der Waals surface area contributed by atoms with E-state index in [0.717, 1.165) is 16.9 Å². The Labute approximate surface area is 106 Å². The lowest BCUT2D eigenvalue weighted by molar-refractivity contribution is -0.137. The number of amides is 2. The van der Waals surface area contributed by atoms with Crippen molar-refractivity contribution in [3.63, 3.8) is 0 Å². The third kappa shape index (κ3) is 1.94. The van der Waals surface area contributed by atoms with Crippen LogP contribution in [0, 0.1) is 5.92 Å². The molecular formula is C14H15NO3. The molecule has 0 aromatic heterocycles. The van der Waals surface area contributed by atoms with Crippen LogP contribution in [-0.2, 0) is 16.0 Å². The van der Waals surface area contributed by atoms with Gasteiger partial charge in [0.05, 0.1) is 0 Å². The molecule has 0 saturated carbocycles. The molecule has 0 N–H and O–H groups in total. The second kappa shape index (κ2) is 4.72. The van der Waals surface area contributed by atoms with Crippen molar-refractivity contribution in [2.45, 2.75) is 19.8 Å². The first-order valence-corrected chi connectivity index (χ1v) is 5.98. The van der Waals surface area contributed by atoms with Gasteiger partial charge >= 0.3 is 0 Å². The molecule has 0 radical (unpaired) electrons. The monoisotopic (exact) mass is 245 g/mol. The number of ketones is 1. The third-order valence-corrected chi connectivity index (χ3v) is 3.36. The Kier molecular flexibility index (Phi) is 3.28. The van der Waals surface area contributed by atoms with Crippen molar-refractivity contribution in [3.05, 3.63) is 35.4 Å². The number of rotatable bonds is 3. The fraction of sp³-hybridized carbons (Fsp3) is 0.357. The van der Waals surface area contributed by atoms with E-state index in [4.69, 9.17) is 0 Å². The van der Waals surface area contributed by atoms with E-state index in [1.165, 1.54) is 7.05 Å². The van der Waals surface area contributed by atoms with Gasteiger partial charge in [-0.05, 0) is 12.0 Å². The molecule has 18 heavy (non-hydrogen) atoms. The van der Waals surface area contributed by atoms with Gasteiger partial charge in [0.2, 0.25) is 11.8 Å². The highest BCUT2D eigenvalue weighted by Crippen LogP contribution is 2.24. The minimum Gasteiger partial charge on any atom is -0.293 e. The fourth-order valence-electron chi connectivity index (χ4n) is 2.22. The smallest absolute Gasteiger partial charge is 0.240 e. The SMILES string of the molecule is CCc1ccccc1C(=O)C1CC(=O)N(C)C1=O. The summed E-state index contributed by atoms with van der Waals surface area (Å²) in [6.07, 6.45) is 0.721. The quantitative estimate of drug-likeness (QED) is 0.460. The summed E-state index contributed by atoms with van der Waals surface area (Å²) in [6, 6.07) is 7.23. The lowest BCUT2D eigenvalue weighted by Gasteiger charge is -2.10. The van der Waals surface area contributed by atoms with Gasteiger partial charge in [-0.3, -0.25) is 19.3 Å². The molecule has 94 valence electrons. The number of carbonyl (C=O) groups is 3. The van der Waals surface area contributed by atoms with Crippen LogP contribution in [0.25, 0.3) is 0 Å². The Morgan fingerprint density at radius 2 is 2.00 bits per heavy atom. The van der Waals surface area contributed by atoms with Gasteiger partial charge in [0.25, 0.3) is 0 Å². The zero-order chi connectivity index (χ0) is 13.3. The van der Waals surface area contributed by atoms with E-state index in [0.29, 0.717) is 5.56 Å². The normalized spacial score (nSPS) is 19.4. The van der Waals surface area contributed by atoms with Crippen LogP contribution in [-0.4, -0.2) is 29.5 Å². The average molecular weight is 245 g/mol. The number of likely N-dealkylation sites (tertiary alicyclic amines) is 1. The highest BCUT2D eigenvalue weighted by atomic mass is 16.2. The van der Waals surface area contributed by atoms with Crippen LogP contribution >= 0.6 is 0 Å². The first-order valence-electron chi connectivity index (χ1n) is 5.98. The standard InChI is InChI=1S/C14H15NO3/c1-3-9-6-4-5-7-10(9)13(17)11-8-12(16)15(2)14(11)18/h4-7,11H,3,8H2,1-2H3. The Morgan fingerprint density at radius 1 is 1.33 bits per heavy atom. The summed E-state index contributed by atoms with van der Waals surface area (Å²) in [5.74, 6) is -1.76. The van der Waals surface area contributed by atoms with Crippen molar-refractivity contribution >= 4 is 17.6 Å². The molecule has 1 aromatic carbocycles. The Balaban J connectivity index is 2.33. The maximum absolute atomic E-state index is 12.3. The molecule has 0 aliphatic carbocycles. The number of hydrogen-bond donors (Lipinski definition) is 0. The highest BCUT2D eigenvalue weighted by molar-refractivity contribution is 6.18. The summed E-state index contributed by atoms with van der Waals surface area (Å²) < 4.78 is 0. The van der Waals surface area contributed by atoms with Crippen molar-refractivity contribution in [1.82, 2.24) is 4.90 Å². The molecule has 1 unspecified atom stereocenters. The predicted octanol–water partition coefficient (Wildman–Crippen LogP) is 1.44. The lowest BCUT2D eigenvalue weighted by Crippen LogP contribution is -2.29. The molecule has 1 aliphatic heterocycles. The zero-order valence-electron chi connectivity index (χ0n) is 10.5. The van der Waals surface area contributed by atoms with Gasteiger partial charge in [-0.1, -0.05) is 31.2 Å². The summed E-state index contributed by atoms with van der Waals surface area (Å²) in [6.45, 7) is 1.96. The average Bonchev–Trinajstić information content (AvgIpc) is 2.65. The molecule has 0 bridgehead atoms. The number of nitrogens with zero attached hydrogens (tertiary/aromatic N) is 1. The van der Waals surface area contributed by atoms with E-state index >= 15 is 0 Å². The van der Waals surface area contributed by atoms with Gasteiger partial charge < -0.3 is 0 Å². The first-order chi connectivity index (χ1) is 8.56. The minimum atomic E-state index is -0.838. The zero-order valence-corrected chi connectivity index (χ0v) is 10.5. The topological polar surface area (TPSA) is 54.5 Å². The van der Waals surface area contributed by atoms with E-state index < -0.39 is 11.8 Å². The van der Waals surface area contributed by atoms with Crippen LogP contribution in [0.3, 0.4) is 0 Å². The molecule has 1 saturated heterocycles. The summed E-state index contributed by atoms with van der Waals surface area (Å²) in [5, 5.41) is 0. The van der Waals surface area contributed by atoms with E-state index in [2.05, 4.69) is 0 Å². The van der Waals surface area contributed by atoms with Crippen LogP contribution in [0.15, 0.2) is 24.3 Å².